The molecular weight excluding hydrogens is 318 g/mol. The summed E-state index contributed by atoms with van der Waals surface area (Å²) in [5.41, 5.74) is 3.19. The van der Waals surface area contributed by atoms with Crippen LogP contribution in [0.25, 0.3) is 5.69 Å². The van der Waals surface area contributed by atoms with Crippen molar-refractivity contribution in [2.45, 2.75) is 6.92 Å². The molecule has 3 aromatic rings. The number of benzene rings is 2. The number of ether oxygens (including phenoxy) is 2. The highest BCUT2D eigenvalue weighted by molar-refractivity contribution is 6.04. The van der Waals surface area contributed by atoms with E-state index >= 15 is 0 Å². The number of rotatable bonds is 3. The minimum absolute atomic E-state index is 0.180. The molecule has 0 aliphatic carbocycles. The summed E-state index contributed by atoms with van der Waals surface area (Å²) in [6, 6.07) is 14.6. The number of hydrogen-bond donors (Lipinski definition) is 1. The fraction of sp³-hybridized carbons (Fsp3) is 0.158. The first-order chi connectivity index (χ1) is 12.2. The molecule has 0 bridgehead atoms. The molecule has 1 aliphatic rings. The van der Waals surface area contributed by atoms with Gasteiger partial charge in [-0.15, -0.1) is 0 Å². The van der Waals surface area contributed by atoms with E-state index in [1.54, 1.807) is 36.5 Å². The molecule has 1 amide bonds. The molecule has 6 heteroatoms. The van der Waals surface area contributed by atoms with E-state index in [2.05, 4.69) is 10.4 Å². The van der Waals surface area contributed by atoms with Gasteiger partial charge in [0.05, 0.1) is 5.69 Å². The van der Waals surface area contributed by atoms with Crippen molar-refractivity contribution < 1.29 is 14.3 Å². The molecule has 1 aliphatic heterocycles. The summed E-state index contributed by atoms with van der Waals surface area (Å²) in [6.07, 6.45) is 1.75. The quantitative estimate of drug-likeness (QED) is 0.798. The van der Waals surface area contributed by atoms with Gasteiger partial charge in [-0.1, -0.05) is 0 Å². The Morgan fingerprint density at radius 2 is 1.80 bits per heavy atom. The number of carbonyl (C=O) groups is 1. The predicted octanol–water partition coefficient (Wildman–Crippen LogP) is 3.20. The van der Waals surface area contributed by atoms with Gasteiger partial charge in [0.1, 0.15) is 13.2 Å². The molecular formula is C19H17N3O3. The van der Waals surface area contributed by atoms with E-state index in [9.17, 15) is 4.79 Å². The first kappa shape index (κ1) is 15.3. The van der Waals surface area contributed by atoms with Crippen molar-refractivity contribution in [1.82, 2.24) is 9.78 Å². The van der Waals surface area contributed by atoms with Gasteiger partial charge < -0.3 is 14.8 Å². The molecule has 1 aromatic heterocycles. The average molecular weight is 335 g/mol. The normalized spacial score (nSPS) is 12.7. The van der Waals surface area contributed by atoms with Crippen molar-refractivity contribution in [1.29, 1.82) is 0 Å². The van der Waals surface area contributed by atoms with Crippen LogP contribution in [0.2, 0.25) is 0 Å². The van der Waals surface area contributed by atoms with Crippen LogP contribution in [0, 0.1) is 6.92 Å². The molecule has 0 unspecified atom stereocenters. The Balaban J connectivity index is 1.50. The molecule has 0 radical (unpaired) electrons. The number of anilines is 1. The minimum Gasteiger partial charge on any atom is -0.486 e. The number of fused-ring (bicyclic) bond motifs is 1. The van der Waals surface area contributed by atoms with Crippen molar-refractivity contribution in [3.63, 3.8) is 0 Å². The monoisotopic (exact) mass is 335 g/mol. The SMILES string of the molecule is Cc1ccnn1-c1ccc(C(=O)Nc2ccc3c(c2)OCCO3)cc1. The highest BCUT2D eigenvalue weighted by Crippen LogP contribution is 2.32. The van der Waals surface area contributed by atoms with E-state index in [1.807, 2.05) is 29.8 Å². The van der Waals surface area contributed by atoms with Crippen LogP contribution < -0.4 is 14.8 Å². The number of carbonyl (C=O) groups excluding carboxylic acids is 1. The van der Waals surface area contributed by atoms with Gasteiger partial charge in [-0.05, 0) is 49.4 Å². The molecule has 0 atom stereocenters. The summed E-state index contributed by atoms with van der Waals surface area (Å²) in [7, 11) is 0. The largest absolute Gasteiger partial charge is 0.486 e. The van der Waals surface area contributed by atoms with Crippen LogP contribution in [0.4, 0.5) is 5.69 Å². The Morgan fingerprint density at radius 3 is 2.52 bits per heavy atom. The lowest BCUT2D eigenvalue weighted by atomic mass is 10.2. The average Bonchev–Trinajstić information content (AvgIpc) is 3.08. The highest BCUT2D eigenvalue weighted by Gasteiger charge is 2.13. The second-order valence-electron chi connectivity index (χ2n) is 5.74. The molecule has 0 fully saturated rings. The first-order valence-electron chi connectivity index (χ1n) is 8.03. The first-order valence-corrected chi connectivity index (χ1v) is 8.03. The predicted molar refractivity (Wildman–Crippen MR) is 93.7 cm³/mol. The number of aromatic nitrogens is 2. The lowest BCUT2D eigenvalue weighted by Gasteiger charge is -2.19. The highest BCUT2D eigenvalue weighted by atomic mass is 16.6. The summed E-state index contributed by atoms with van der Waals surface area (Å²) in [6.45, 7) is 3.04. The third kappa shape index (κ3) is 3.06. The van der Waals surface area contributed by atoms with Gasteiger partial charge in [0.2, 0.25) is 0 Å². The number of nitrogens with one attached hydrogen (secondary N) is 1. The summed E-state index contributed by atoms with van der Waals surface area (Å²) in [5.74, 6) is 1.16. The second-order valence-corrected chi connectivity index (χ2v) is 5.74. The van der Waals surface area contributed by atoms with Crippen molar-refractivity contribution >= 4 is 11.6 Å². The zero-order valence-electron chi connectivity index (χ0n) is 13.7. The van der Waals surface area contributed by atoms with Gasteiger partial charge in [0, 0.05) is 29.2 Å². The van der Waals surface area contributed by atoms with Crippen molar-refractivity contribution in [2.24, 2.45) is 0 Å². The Kier molecular flexibility index (Phi) is 3.85. The fourth-order valence-corrected chi connectivity index (χ4v) is 2.72. The van der Waals surface area contributed by atoms with Crippen LogP contribution >= 0.6 is 0 Å². The Morgan fingerprint density at radius 1 is 1.04 bits per heavy atom. The lowest BCUT2D eigenvalue weighted by molar-refractivity contribution is 0.102. The Bertz CT molecular complexity index is 916. The van der Waals surface area contributed by atoms with Gasteiger partial charge >= 0.3 is 0 Å². The molecule has 126 valence electrons. The third-order valence-electron chi connectivity index (χ3n) is 4.01. The number of nitrogens with zero attached hydrogens (tertiary/aromatic N) is 2. The maximum absolute atomic E-state index is 12.4. The van der Waals surface area contributed by atoms with Crippen LogP contribution in [0.15, 0.2) is 54.7 Å². The third-order valence-corrected chi connectivity index (χ3v) is 4.01. The van der Waals surface area contributed by atoms with E-state index in [1.165, 1.54) is 0 Å². The Labute approximate surface area is 145 Å². The van der Waals surface area contributed by atoms with Gasteiger partial charge in [-0.3, -0.25) is 4.79 Å². The van der Waals surface area contributed by atoms with Crippen LogP contribution in [-0.2, 0) is 0 Å². The zero-order valence-corrected chi connectivity index (χ0v) is 13.7. The van der Waals surface area contributed by atoms with E-state index in [-0.39, 0.29) is 5.91 Å². The molecule has 25 heavy (non-hydrogen) atoms. The molecule has 6 nitrogen and oxygen atoms in total. The number of hydrogen-bond acceptors (Lipinski definition) is 4. The molecule has 0 saturated heterocycles. The lowest BCUT2D eigenvalue weighted by Crippen LogP contribution is -2.16. The summed E-state index contributed by atoms with van der Waals surface area (Å²) >= 11 is 0. The maximum atomic E-state index is 12.4. The van der Waals surface area contributed by atoms with Crippen molar-refractivity contribution in [3.8, 4) is 17.2 Å². The number of amides is 1. The number of aryl methyl sites for hydroxylation is 1. The fourth-order valence-electron chi connectivity index (χ4n) is 2.72. The van der Waals surface area contributed by atoms with Crippen LogP contribution in [0.5, 0.6) is 11.5 Å². The van der Waals surface area contributed by atoms with Gasteiger partial charge in [-0.25, -0.2) is 4.68 Å². The van der Waals surface area contributed by atoms with Gasteiger partial charge in [0.25, 0.3) is 5.91 Å². The topological polar surface area (TPSA) is 65.4 Å². The van der Waals surface area contributed by atoms with E-state index in [4.69, 9.17) is 9.47 Å². The molecule has 0 saturated carbocycles. The van der Waals surface area contributed by atoms with E-state index in [0.29, 0.717) is 36.0 Å². The summed E-state index contributed by atoms with van der Waals surface area (Å²) < 4.78 is 12.8. The van der Waals surface area contributed by atoms with Crippen LogP contribution in [0.3, 0.4) is 0 Å². The van der Waals surface area contributed by atoms with E-state index < -0.39 is 0 Å². The zero-order chi connectivity index (χ0) is 17.2. The standard InChI is InChI=1S/C19H17N3O3/c1-13-8-9-20-22(13)16-5-2-14(3-6-16)19(23)21-15-4-7-17-18(12-15)25-11-10-24-17/h2-9,12H,10-11H2,1H3,(H,21,23). The molecule has 1 N–H and O–H groups in total. The molecule has 0 spiro atoms. The van der Waals surface area contributed by atoms with Crippen molar-refractivity contribution in [2.75, 3.05) is 18.5 Å². The van der Waals surface area contributed by atoms with Crippen LogP contribution in [-0.4, -0.2) is 28.9 Å². The molecule has 2 aromatic carbocycles. The summed E-state index contributed by atoms with van der Waals surface area (Å²) in [4.78, 5) is 12.4. The Hall–Kier alpha value is -3.28. The van der Waals surface area contributed by atoms with Gasteiger partial charge in [0.15, 0.2) is 11.5 Å². The maximum Gasteiger partial charge on any atom is 0.255 e. The van der Waals surface area contributed by atoms with Crippen molar-refractivity contribution in [3.05, 3.63) is 66.0 Å². The van der Waals surface area contributed by atoms with Gasteiger partial charge in [-0.2, -0.15) is 5.10 Å². The molecule has 2 heterocycles. The smallest absolute Gasteiger partial charge is 0.255 e. The van der Waals surface area contributed by atoms with E-state index in [0.717, 1.165) is 11.4 Å². The van der Waals surface area contributed by atoms with Crippen LogP contribution in [0.1, 0.15) is 16.1 Å². The minimum atomic E-state index is -0.180. The molecule has 4 rings (SSSR count). The summed E-state index contributed by atoms with van der Waals surface area (Å²) in [5, 5.41) is 7.14. The second kappa shape index (κ2) is 6.32.